The number of rotatable bonds is 5. The summed E-state index contributed by atoms with van der Waals surface area (Å²) in [6, 6.07) is 5.59. The minimum absolute atomic E-state index is 0.143. The van der Waals surface area contributed by atoms with Gasteiger partial charge < -0.3 is 10.2 Å². The second-order valence-corrected chi connectivity index (χ2v) is 4.15. The number of anilines is 1. The fraction of sp³-hybridized carbons (Fsp3) is 0.538. The van der Waals surface area contributed by atoms with Crippen molar-refractivity contribution in [3.8, 4) is 0 Å². The van der Waals surface area contributed by atoms with Crippen molar-refractivity contribution in [3.05, 3.63) is 29.6 Å². The molecule has 90 valence electrons. The summed E-state index contributed by atoms with van der Waals surface area (Å²) >= 11 is 0. The first-order chi connectivity index (χ1) is 7.61. The van der Waals surface area contributed by atoms with Gasteiger partial charge in [0.1, 0.15) is 5.82 Å². The molecule has 1 aromatic rings. The molecule has 1 N–H and O–H groups in total. The maximum atomic E-state index is 13.9. The van der Waals surface area contributed by atoms with Gasteiger partial charge in [-0.1, -0.05) is 19.1 Å². The molecule has 2 nitrogen and oxygen atoms in total. The zero-order valence-electron chi connectivity index (χ0n) is 10.5. The van der Waals surface area contributed by atoms with E-state index in [9.17, 15) is 4.39 Å². The number of hydrogen-bond acceptors (Lipinski definition) is 2. The van der Waals surface area contributed by atoms with Gasteiger partial charge in [-0.3, -0.25) is 0 Å². The highest BCUT2D eigenvalue weighted by atomic mass is 19.1. The predicted molar refractivity (Wildman–Crippen MR) is 67.3 cm³/mol. The largest absolute Gasteiger partial charge is 0.369 e. The fourth-order valence-electron chi connectivity index (χ4n) is 1.78. The monoisotopic (exact) mass is 224 g/mol. The van der Waals surface area contributed by atoms with E-state index in [4.69, 9.17) is 0 Å². The lowest BCUT2D eigenvalue weighted by molar-refractivity contribution is 0.594. The van der Waals surface area contributed by atoms with Crippen LogP contribution in [0.25, 0.3) is 0 Å². The van der Waals surface area contributed by atoms with Gasteiger partial charge in [-0.15, -0.1) is 0 Å². The van der Waals surface area contributed by atoms with Crippen molar-refractivity contribution >= 4 is 5.69 Å². The van der Waals surface area contributed by atoms with Crippen LogP contribution in [0.3, 0.4) is 0 Å². The van der Waals surface area contributed by atoms with Crippen LogP contribution in [0.4, 0.5) is 10.1 Å². The summed E-state index contributed by atoms with van der Waals surface area (Å²) in [4.78, 5) is 2.02. The molecule has 0 aliphatic carbocycles. The van der Waals surface area contributed by atoms with Gasteiger partial charge in [-0.2, -0.15) is 0 Å². The van der Waals surface area contributed by atoms with Crippen molar-refractivity contribution in [2.24, 2.45) is 0 Å². The number of benzene rings is 1. The zero-order chi connectivity index (χ0) is 12.1. The molecular weight excluding hydrogens is 203 g/mol. The first kappa shape index (κ1) is 13.0. The molecule has 0 saturated heterocycles. The highest BCUT2D eigenvalue weighted by Crippen LogP contribution is 2.25. The van der Waals surface area contributed by atoms with Crippen LogP contribution in [0.15, 0.2) is 18.2 Å². The van der Waals surface area contributed by atoms with E-state index < -0.39 is 0 Å². The third-order valence-corrected chi connectivity index (χ3v) is 3.04. The highest BCUT2D eigenvalue weighted by Gasteiger charge is 2.15. The van der Waals surface area contributed by atoms with Gasteiger partial charge in [-0.25, -0.2) is 4.39 Å². The van der Waals surface area contributed by atoms with Gasteiger partial charge in [0.2, 0.25) is 0 Å². The Morgan fingerprint density at radius 3 is 2.69 bits per heavy atom. The molecule has 1 atom stereocenters. The van der Waals surface area contributed by atoms with Gasteiger partial charge in [0.05, 0.1) is 5.69 Å². The van der Waals surface area contributed by atoms with Crippen LogP contribution in [0, 0.1) is 5.82 Å². The van der Waals surface area contributed by atoms with Crippen molar-refractivity contribution in [1.29, 1.82) is 0 Å². The van der Waals surface area contributed by atoms with Gasteiger partial charge in [0, 0.05) is 19.6 Å². The normalized spacial score (nSPS) is 12.6. The molecule has 0 heterocycles. The maximum Gasteiger partial charge on any atom is 0.146 e. The molecule has 16 heavy (non-hydrogen) atoms. The van der Waals surface area contributed by atoms with Crippen molar-refractivity contribution in [1.82, 2.24) is 5.32 Å². The number of nitrogens with zero attached hydrogens (tertiary/aromatic N) is 1. The molecule has 0 saturated carbocycles. The molecule has 1 aromatic carbocycles. The molecule has 3 heteroatoms. The van der Waals surface area contributed by atoms with Gasteiger partial charge in [-0.05, 0) is 32.0 Å². The van der Waals surface area contributed by atoms with Crippen LogP contribution in [0.1, 0.15) is 25.8 Å². The molecular formula is C13H21FN2. The Hall–Kier alpha value is -1.09. The smallest absolute Gasteiger partial charge is 0.146 e. The Morgan fingerprint density at radius 2 is 2.12 bits per heavy atom. The van der Waals surface area contributed by atoms with E-state index in [-0.39, 0.29) is 5.82 Å². The lowest BCUT2D eigenvalue weighted by Gasteiger charge is -2.28. The van der Waals surface area contributed by atoms with E-state index in [2.05, 4.69) is 19.2 Å². The van der Waals surface area contributed by atoms with E-state index in [1.165, 1.54) is 6.07 Å². The van der Waals surface area contributed by atoms with E-state index in [0.29, 0.717) is 18.3 Å². The summed E-state index contributed by atoms with van der Waals surface area (Å²) in [5.74, 6) is -0.143. The van der Waals surface area contributed by atoms with E-state index in [0.717, 1.165) is 12.0 Å². The van der Waals surface area contributed by atoms with Crippen molar-refractivity contribution < 1.29 is 4.39 Å². The molecule has 0 aliphatic heterocycles. The molecule has 0 bridgehead atoms. The summed E-state index contributed by atoms with van der Waals surface area (Å²) in [6.07, 6.45) is 1.00. The SMILES string of the molecule is CCC(C)N(C)c1c(F)cccc1CNC. The Balaban J connectivity index is 3.08. The summed E-state index contributed by atoms with van der Waals surface area (Å²) in [7, 11) is 3.82. The molecule has 1 rings (SSSR count). The minimum atomic E-state index is -0.143. The Bertz CT molecular complexity index is 339. The summed E-state index contributed by atoms with van der Waals surface area (Å²) in [6.45, 7) is 4.91. The maximum absolute atomic E-state index is 13.9. The Kier molecular flexibility index (Phi) is 4.74. The van der Waals surface area contributed by atoms with E-state index in [1.54, 1.807) is 6.07 Å². The highest BCUT2D eigenvalue weighted by molar-refractivity contribution is 5.55. The van der Waals surface area contributed by atoms with Crippen LogP contribution < -0.4 is 10.2 Å². The van der Waals surface area contributed by atoms with Crippen molar-refractivity contribution in [3.63, 3.8) is 0 Å². The lowest BCUT2D eigenvalue weighted by atomic mass is 10.1. The number of nitrogens with one attached hydrogen (secondary N) is 1. The van der Waals surface area contributed by atoms with Crippen molar-refractivity contribution in [2.45, 2.75) is 32.9 Å². The second-order valence-electron chi connectivity index (χ2n) is 4.15. The average Bonchev–Trinajstić information content (AvgIpc) is 2.28. The van der Waals surface area contributed by atoms with Crippen LogP contribution in [0.5, 0.6) is 0 Å². The third kappa shape index (κ3) is 2.73. The molecule has 1 unspecified atom stereocenters. The fourth-order valence-corrected chi connectivity index (χ4v) is 1.78. The van der Waals surface area contributed by atoms with Crippen LogP contribution >= 0.6 is 0 Å². The molecule has 0 fully saturated rings. The van der Waals surface area contributed by atoms with Crippen molar-refractivity contribution in [2.75, 3.05) is 19.0 Å². The first-order valence-electron chi connectivity index (χ1n) is 5.76. The average molecular weight is 224 g/mol. The molecule has 0 aromatic heterocycles. The minimum Gasteiger partial charge on any atom is -0.369 e. The first-order valence-corrected chi connectivity index (χ1v) is 5.76. The quantitative estimate of drug-likeness (QED) is 0.827. The Labute approximate surface area is 97.5 Å². The molecule has 0 amide bonds. The second kappa shape index (κ2) is 5.85. The van der Waals surface area contributed by atoms with Crippen LogP contribution in [-0.4, -0.2) is 20.1 Å². The number of hydrogen-bond donors (Lipinski definition) is 1. The van der Waals surface area contributed by atoms with Crippen LogP contribution in [-0.2, 0) is 6.54 Å². The lowest BCUT2D eigenvalue weighted by Crippen LogP contribution is -2.30. The van der Waals surface area contributed by atoms with Gasteiger partial charge in [0.15, 0.2) is 0 Å². The third-order valence-electron chi connectivity index (χ3n) is 3.04. The molecule has 0 aliphatic rings. The van der Waals surface area contributed by atoms with E-state index >= 15 is 0 Å². The summed E-state index contributed by atoms with van der Waals surface area (Å²) in [5, 5.41) is 3.07. The predicted octanol–water partition coefficient (Wildman–Crippen LogP) is 2.78. The topological polar surface area (TPSA) is 15.3 Å². The molecule has 0 radical (unpaired) electrons. The Morgan fingerprint density at radius 1 is 1.44 bits per heavy atom. The van der Waals surface area contributed by atoms with Gasteiger partial charge >= 0.3 is 0 Å². The number of para-hydroxylation sites is 1. The summed E-state index contributed by atoms with van der Waals surface area (Å²) < 4.78 is 13.9. The van der Waals surface area contributed by atoms with Gasteiger partial charge in [0.25, 0.3) is 0 Å². The van der Waals surface area contributed by atoms with Crippen LogP contribution in [0.2, 0.25) is 0 Å². The van der Waals surface area contributed by atoms with E-state index in [1.807, 2.05) is 25.1 Å². The standard InChI is InChI=1S/C13H21FN2/c1-5-10(2)16(4)13-11(9-15-3)7-6-8-12(13)14/h6-8,10,15H,5,9H2,1-4H3. The molecule has 0 spiro atoms. The number of halogens is 1. The zero-order valence-corrected chi connectivity index (χ0v) is 10.5. The summed E-state index contributed by atoms with van der Waals surface area (Å²) in [5.41, 5.74) is 1.72.